The summed E-state index contributed by atoms with van der Waals surface area (Å²) in [7, 11) is 0. The molecule has 21 heavy (non-hydrogen) atoms. The van der Waals surface area contributed by atoms with Crippen molar-refractivity contribution in [2.45, 2.75) is 0 Å². The molecule has 3 aromatic rings. The first-order valence-electron chi connectivity index (χ1n) is 6.80. The van der Waals surface area contributed by atoms with Crippen LogP contribution in [0.4, 0.5) is 0 Å². The van der Waals surface area contributed by atoms with E-state index in [1.54, 1.807) is 0 Å². The predicted octanol–water partition coefficient (Wildman–Crippen LogP) is 5.31. The number of para-hydroxylation sites is 2. The molecule has 5 rings (SSSR count). The van der Waals surface area contributed by atoms with Crippen LogP contribution in [-0.2, 0) is 0 Å². The Hall–Kier alpha value is -2.01. The minimum atomic E-state index is -2.13. The van der Waals surface area contributed by atoms with Crippen molar-refractivity contribution in [3.8, 4) is 33.8 Å². The molecule has 0 unspecified atom stereocenters. The maximum atomic E-state index is 6.23. The van der Waals surface area contributed by atoms with Crippen molar-refractivity contribution >= 4 is 20.6 Å². The number of halogens is 1. The van der Waals surface area contributed by atoms with Gasteiger partial charge in [0.05, 0.1) is 0 Å². The third-order valence-electron chi connectivity index (χ3n) is 3.81. The van der Waals surface area contributed by atoms with E-state index >= 15 is 0 Å². The molecule has 0 amide bonds. The Bertz CT molecular complexity index is 805. The van der Waals surface area contributed by atoms with E-state index in [1.165, 1.54) is 25.8 Å². The molecule has 0 saturated carbocycles. The maximum absolute atomic E-state index is 6.23. The Morgan fingerprint density at radius 3 is 1.57 bits per heavy atom. The van der Waals surface area contributed by atoms with Crippen molar-refractivity contribution in [1.29, 1.82) is 0 Å². The zero-order chi connectivity index (χ0) is 13.8. The molecule has 2 aliphatic heterocycles. The predicted molar refractivity (Wildman–Crippen MR) is 91.3 cm³/mol. The van der Waals surface area contributed by atoms with E-state index in [2.05, 4.69) is 42.5 Å². The minimum absolute atomic E-state index is 0.951. The van der Waals surface area contributed by atoms with E-state index in [-0.39, 0.29) is 0 Å². The molecule has 3 aromatic carbocycles. The van der Waals surface area contributed by atoms with E-state index in [1.807, 2.05) is 24.3 Å². The molecule has 2 heterocycles. The molecule has 0 saturated heterocycles. The summed E-state index contributed by atoms with van der Waals surface area (Å²) >= 11 is -2.13. The summed E-state index contributed by atoms with van der Waals surface area (Å²) in [6, 6.07) is 23.0. The zero-order valence-corrected chi connectivity index (χ0v) is 13.2. The number of benzene rings is 3. The topological polar surface area (TPSA) is 18.5 Å². The normalized spacial score (nSPS) is 15.1. The summed E-state index contributed by atoms with van der Waals surface area (Å²) in [5, 5.41) is 0. The van der Waals surface area contributed by atoms with Crippen LogP contribution in [0.1, 0.15) is 0 Å². The second-order valence-electron chi connectivity index (χ2n) is 5.03. The van der Waals surface area contributed by atoms with Crippen molar-refractivity contribution in [2.24, 2.45) is 0 Å². The standard InChI is InChI=1S/C18H11IO2/c1-3-10-16-12(6-1)14-8-5-9-15-13-7-2-4-11-17(13)21-19(20-16)18(14)15/h1-11H. The van der Waals surface area contributed by atoms with Crippen LogP contribution in [0.5, 0.6) is 11.5 Å². The first-order valence-corrected chi connectivity index (χ1v) is 9.64. The molecule has 3 heteroatoms. The van der Waals surface area contributed by atoms with Crippen LogP contribution in [0, 0.1) is 3.57 Å². The molecular formula is C18H11IO2. The molecule has 0 bridgehead atoms. The van der Waals surface area contributed by atoms with E-state index in [0.717, 1.165) is 11.5 Å². The van der Waals surface area contributed by atoms with E-state index in [4.69, 9.17) is 6.13 Å². The van der Waals surface area contributed by atoms with Gasteiger partial charge in [0.25, 0.3) is 0 Å². The summed E-state index contributed by atoms with van der Waals surface area (Å²) < 4.78 is 13.8. The van der Waals surface area contributed by atoms with E-state index < -0.39 is 20.6 Å². The summed E-state index contributed by atoms with van der Waals surface area (Å²) in [5.41, 5.74) is 4.89. The van der Waals surface area contributed by atoms with Gasteiger partial charge >= 0.3 is 131 Å². The fourth-order valence-electron chi connectivity index (χ4n) is 2.87. The van der Waals surface area contributed by atoms with Crippen molar-refractivity contribution < 1.29 is 6.13 Å². The molecule has 0 aromatic heterocycles. The van der Waals surface area contributed by atoms with Crippen LogP contribution in [0.3, 0.4) is 0 Å². The Morgan fingerprint density at radius 1 is 0.524 bits per heavy atom. The first-order chi connectivity index (χ1) is 10.4. The first kappa shape index (κ1) is 11.6. The van der Waals surface area contributed by atoms with Gasteiger partial charge in [0, 0.05) is 0 Å². The van der Waals surface area contributed by atoms with Crippen LogP contribution in [-0.4, -0.2) is 0 Å². The Labute approximate surface area is 130 Å². The zero-order valence-electron chi connectivity index (χ0n) is 11.0. The summed E-state index contributed by atoms with van der Waals surface area (Å²) in [6.07, 6.45) is 0. The molecular weight excluding hydrogens is 375 g/mol. The molecule has 2 nitrogen and oxygen atoms in total. The van der Waals surface area contributed by atoms with Crippen molar-refractivity contribution in [2.75, 3.05) is 0 Å². The van der Waals surface area contributed by atoms with Gasteiger partial charge in [-0.25, -0.2) is 0 Å². The SMILES string of the molecule is c1ccc2c(c1)OI1Oc3ccccc3-c3cccc-2c31. The molecule has 0 atom stereocenters. The third-order valence-corrected chi connectivity index (χ3v) is 7.61. The third kappa shape index (κ3) is 1.58. The Kier molecular flexibility index (Phi) is 2.35. The van der Waals surface area contributed by atoms with Gasteiger partial charge in [-0.2, -0.15) is 0 Å². The Balaban J connectivity index is 1.86. The van der Waals surface area contributed by atoms with Gasteiger partial charge in [0.15, 0.2) is 0 Å². The number of rotatable bonds is 0. The van der Waals surface area contributed by atoms with Gasteiger partial charge in [-0.05, 0) is 0 Å². The number of hydrogen-bond acceptors (Lipinski definition) is 2. The molecule has 0 radical (unpaired) electrons. The van der Waals surface area contributed by atoms with Gasteiger partial charge in [0.1, 0.15) is 0 Å². The summed E-state index contributed by atoms with van der Waals surface area (Å²) in [6.45, 7) is 0. The monoisotopic (exact) mass is 386 g/mol. The summed E-state index contributed by atoms with van der Waals surface area (Å²) in [5.74, 6) is 1.90. The van der Waals surface area contributed by atoms with Gasteiger partial charge < -0.3 is 0 Å². The van der Waals surface area contributed by atoms with Crippen LogP contribution < -0.4 is 6.13 Å². The van der Waals surface area contributed by atoms with Crippen molar-refractivity contribution in [1.82, 2.24) is 0 Å². The average molecular weight is 386 g/mol. The van der Waals surface area contributed by atoms with Gasteiger partial charge in [-0.1, -0.05) is 0 Å². The average Bonchev–Trinajstić information content (AvgIpc) is 2.55. The second kappa shape index (κ2) is 4.24. The molecule has 0 spiro atoms. The van der Waals surface area contributed by atoms with E-state index in [0.29, 0.717) is 0 Å². The fourth-order valence-corrected chi connectivity index (χ4v) is 6.92. The van der Waals surface area contributed by atoms with Crippen LogP contribution >= 0.6 is 20.6 Å². The fraction of sp³-hybridized carbons (Fsp3) is 0. The van der Waals surface area contributed by atoms with Crippen LogP contribution in [0.25, 0.3) is 22.3 Å². The number of hydrogen-bond donors (Lipinski definition) is 0. The van der Waals surface area contributed by atoms with Gasteiger partial charge in [-0.15, -0.1) is 0 Å². The van der Waals surface area contributed by atoms with Crippen LogP contribution in [0.15, 0.2) is 66.7 Å². The molecule has 2 aliphatic rings. The van der Waals surface area contributed by atoms with Crippen LogP contribution in [0.2, 0.25) is 0 Å². The van der Waals surface area contributed by atoms with Crippen molar-refractivity contribution in [3.63, 3.8) is 0 Å². The van der Waals surface area contributed by atoms with E-state index in [9.17, 15) is 0 Å². The molecule has 0 N–H and O–H groups in total. The molecule has 0 aliphatic carbocycles. The molecule has 102 valence electrons. The Morgan fingerprint density at radius 2 is 1.00 bits per heavy atom. The second-order valence-corrected chi connectivity index (χ2v) is 8.23. The van der Waals surface area contributed by atoms with Gasteiger partial charge in [-0.3, -0.25) is 0 Å². The van der Waals surface area contributed by atoms with Crippen molar-refractivity contribution in [3.05, 3.63) is 70.3 Å². The number of fused-ring (bicyclic) bond motifs is 4. The quantitative estimate of drug-likeness (QED) is 0.488. The summed E-state index contributed by atoms with van der Waals surface area (Å²) in [4.78, 5) is 0. The molecule has 0 fully saturated rings. The van der Waals surface area contributed by atoms with Gasteiger partial charge in [0.2, 0.25) is 0 Å².